The second kappa shape index (κ2) is 5.06. The molecule has 0 aliphatic heterocycles. The molecule has 0 fully saturated rings. The molecule has 4 heteroatoms. The van der Waals surface area contributed by atoms with Gasteiger partial charge in [-0.05, 0) is 12.3 Å². The van der Waals surface area contributed by atoms with Crippen LogP contribution in [0.5, 0.6) is 5.75 Å². The molecule has 0 spiro atoms. The van der Waals surface area contributed by atoms with Crippen LogP contribution < -0.4 is 5.32 Å². The number of carboxylic acids is 1. The Morgan fingerprint density at radius 3 is 2.72 bits per heavy atom. The lowest BCUT2D eigenvalue weighted by molar-refractivity contribution is -0.136. The second-order valence-electron chi connectivity index (χ2n) is 4.22. The number of aliphatic carboxylic acids is 1. The molecule has 0 aromatic heterocycles. The lowest BCUT2D eigenvalue weighted by atomic mass is 10.0. The van der Waals surface area contributed by atoms with Gasteiger partial charge in [-0.15, -0.1) is 0 Å². The van der Waals surface area contributed by atoms with Gasteiger partial charge in [-0.1, -0.05) is 36.4 Å². The van der Waals surface area contributed by atoms with Crippen LogP contribution in [0.2, 0.25) is 0 Å². The van der Waals surface area contributed by atoms with E-state index in [2.05, 4.69) is 5.32 Å². The summed E-state index contributed by atoms with van der Waals surface area (Å²) in [5.74, 6) is -0.708. The Bertz CT molecular complexity index is 580. The van der Waals surface area contributed by atoms with Gasteiger partial charge in [0.2, 0.25) is 0 Å². The summed E-state index contributed by atoms with van der Waals surface area (Å²) < 4.78 is 0. The van der Waals surface area contributed by atoms with Crippen LogP contribution in [0.3, 0.4) is 0 Å². The first-order chi connectivity index (χ1) is 8.59. The third-order valence-electron chi connectivity index (χ3n) is 2.96. The molecule has 0 aliphatic carbocycles. The summed E-state index contributed by atoms with van der Waals surface area (Å²) in [6.07, 6.45) is 0. The molecule has 0 saturated carbocycles. The molecule has 0 bridgehead atoms. The standard InChI is InChI=1S/C14H15NO3/c1-9(15-8-13(16)17)11-7-6-10-4-2-3-5-12(10)14(11)18/h2-7,9,15,18H,8H2,1H3,(H,16,17). The Morgan fingerprint density at radius 2 is 2.00 bits per heavy atom. The highest BCUT2D eigenvalue weighted by Gasteiger charge is 2.13. The van der Waals surface area contributed by atoms with Gasteiger partial charge in [-0.25, -0.2) is 0 Å². The van der Waals surface area contributed by atoms with Crippen LogP contribution in [0.4, 0.5) is 0 Å². The van der Waals surface area contributed by atoms with Crippen molar-refractivity contribution in [1.29, 1.82) is 0 Å². The highest BCUT2D eigenvalue weighted by Crippen LogP contribution is 2.32. The Labute approximate surface area is 105 Å². The number of phenols is 1. The molecule has 0 heterocycles. The number of nitrogens with one attached hydrogen (secondary N) is 1. The fourth-order valence-corrected chi connectivity index (χ4v) is 1.97. The summed E-state index contributed by atoms with van der Waals surface area (Å²) in [7, 11) is 0. The third-order valence-corrected chi connectivity index (χ3v) is 2.96. The first-order valence-electron chi connectivity index (χ1n) is 5.75. The van der Waals surface area contributed by atoms with Crippen molar-refractivity contribution >= 4 is 16.7 Å². The van der Waals surface area contributed by atoms with Crippen LogP contribution in [0, 0.1) is 0 Å². The van der Waals surface area contributed by atoms with Gasteiger partial charge in [0, 0.05) is 17.0 Å². The molecule has 4 nitrogen and oxygen atoms in total. The van der Waals surface area contributed by atoms with Crippen molar-refractivity contribution in [3.05, 3.63) is 42.0 Å². The van der Waals surface area contributed by atoms with Gasteiger partial charge in [0.1, 0.15) is 5.75 Å². The van der Waals surface area contributed by atoms with Gasteiger partial charge in [-0.2, -0.15) is 0 Å². The Hall–Kier alpha value is -2.07. The van der Waals surface area contributed by atoms with Crippen molar-refractivity contribution in [1.82, 2.24) is 5.32 Å². The molecule has 94 valence electrons. The van der Waals surface area contributed by atoms with Gasteiger partial charge >= 0.3 is 5.97 Å². The van der Waals surface area contributed by atoms with Gasteiger partial charge in [0.15, 0.2) is 0 Å². The summed E-state index contributed by atoms with van der Waals surface area (Å²) in [5.41, 5.74) is 0.704. The van der Waals surface area contributed by atoms with E-state index in [1.807, 2.05) is 43.3 Å². The van der Waals surface area contributed by atoms with Gasteiger partial charge < -0.3 is 15.5 Å². The van der Waals surface area contributed by atoms with Crippen LogP contribution in [0.15, 0.2) is 36.4 Å². The van der Waals surface area contributed by atoms with E-state index in [1.54, 1.807) is 0 Å². The van der Waals surface area contributed by atoms with Crippen molar-refractivity contribution in [3.8, 4) is 5.75 Å². The molecular formula is C14H15NO3. The first-order valence-corrected chi connectivity index (χ1v) is 5.75. The highest BCUT2D eigenvalue weighted by molar-refractivity contribution is 5.89. The first kappa shape index (κ1) is 12.4. The quantitative estimate of drug-likeness (QED) is 0.773. The normalized spacial score (nSPS) is 12.5. The minimum atomic E-state index is -0.915. The summed E-state index contributed by atoms with van der Waals surface area (Å²) in [6, 6.07) is 11.1. The molecule has 0 amide bonds. The molecule has 1 unspecified atom stereocenters. The molecule has 0 saturated heterocycles. The van der Waals surface area contributed by atoms with E-state index in [9.17, 15) is 9.90 Å². The molecule has 18 heavy (non-hydrogen) atoms. The van der Waals surface area contributed by atoms with Gasteiger partial charge in [-0.3, -0.25) is 4.79 Å². The van der Waals surface area contributed by atoms with E-state index in [0.29, 0.717) is 5.56 Å². The van der Waals surface area contributed by atoms with Crippen molar-refractivity contribution in [2.45, 2.75) is 13.0 Å². The number of carboxylic acid groups (broad SMARTS) is 1. The largest absolute Gasteiger partial charge is 0.507 e. The maximum atomic E-state index is 10.5. The van der Waals surface area contributed by atoms with Crippen LogP contribution in [-0.4, -0.2) is 22.7 Å². The Morgan fingerprint density at radius 1 is 1.28 bits per heavy atom. The van der Waals surface area contributed by atoms with E-state index in [0.717, 1.165) is 10.8 Å². The number of hydrogen-bond donors (Lipinski definition) is 3. The van der Waals surface area contributed by atoms with E-state index < -0.39 is 5.97 Å². The van der Waals surface area contributed by atoms with E-state index >= 15 is 0 Å². The zero-order valence-electron chi connectivity index (χ0n) is 10.1. The average Bonchev–Trinajstić information content (AvgIpc) is 2.37. The molecule has 2 aromatic rings. The number of benzene rings is 2. The van der Waals surface area contributed by atoms with Crippen LogP contribution in [0.25, 0.3) is 10.8 Å². The van der Waals surface area contributed by atoms with E-state index in [1.165, 1.54) is 0 Å². The zero-order valence-corrected chi connectivity index (χ0v) is 10.1. The minimum Gasteiger partial charge on any atom is -0.507 e. The maximum Gasteiger partial charge on any atom is 0.317 e. The summed E-state index contributed by atoms with van der Waals surface area (Å²) in [4.78, 5) is 10.5. The molecule has 3 N–H and O–H groups in total. The van der Waals surface area contributed by atoms with E-state index in [4.69, 9.17) is 5.11 Å². The predicted octanol–water partition coefficient (Wildman–Crippen LogP) is 2.28. The summed E-state index contributed by atoms with van der Waals surface area (Å²) in [5, 5.41) is 23.4. The lowest BCUT2D eigenvalue weighted by Crippen LogP contribution is -2.25. The number of rotatable bonds is 4. The smallest absolute Gasteiger partial charge is 0.317 e. The molecular weight excluding hydrogens is 230 g/mol. The fourth-order valence-electron chi connectivity index (χ4n) is 1.97. The average molecular weight is 245 g/mol. The SMILES string of the molecule is CC(NCC(=O)O)c1ccc2ccccc2c1O. The van der Waals surface area contributed by atoms with Crippen LogP contribution in [-0.2, 0) is 4.79 Å². The summed E-state index contributed by atoms with van der Waals surface area (Å²) in [6.45, 7) is 1.69. The summed E-state index contributed by atoms with van der Waals surface area (Å²) >= 11 is 0. The van der Waals surface area contributed by atoms with Crippen molar-refractivity contribution in [3.63, 3.8) is 0 Å². The Kier molecular flexibility index (Phi) is 3.48. The number of phenolic OH excluding ortho intramolecular Hbond substituents is 1. The Balaban J connectivity index is 2.33. The van der Waals surface area contributed by atoms with Crippen molar-refractivity contribution in [2.24, 2.45) is 0 Å². The number of fused-ring (bicyclic) bond motifs is 1. The minimum absolute atomic E-state index is 0.132. The van der Waals surface area contributed by atoms with Crippen LogP contribution >= 0.6 is 0 Å². The predicted molar refractivity (Wildman–Crippen MR) is 69.7 cm³/mol. The molecule has 1 atom stereocenters. The third kappa shape index (κ3) is 2.43. The van der Waals surface area contributed by atoms with Gasteiger partial charge in [0.05, 0.1) is 6.54 Å². The molecule has 2 rings (SSSR count). The monoisotopic (exact) mass is 245 g/mol. The fraction of sp³-hybridized carbons (Fsp3) is 0.214. The van der Waals surface area contributed by atoms with Crippen molar-refractivity contribution in [2.75, 3.05) is 6.54 Å². The lowest BCUT2D eigenvalue weighted by Gasteiger charge is -2.15. The van der Waals surface area contributed by atoms with Gasteiger partial charge in [0.25, 0.3) is 0 Å². The van der Waals surface area contributed by atoms with Crippen LogP contribution in [0.1, 0.15) is 18.5 Å². The number of aromatic hydroxyl groups is 1. The molecule has 0 aliphatic rings. The van der Waals surface area contributed by atoms with Crippen molar-refractivity contribution < 1.29 is 15.0 Å². The molecule has 2 aromatic carbocycles. The molecule has 0 radical (unpaired) electrons. The maximum absolute atomic E-state index is 10.5. The van der Waals surface area contributed by atoms with E-state index in [-0.39, 0.29) is 18.3 Å². The number of hydrogen-bond acceptors (Lipinski definition) is 3. The highest BCUT2D eigenvalue weighted by atomic mass is 16.4. The zero-order chi connectivity index (χ0) is 13.1. The topological polar surface area (TPSA) is 69.6 Å². The second-order valence-corrected chi connectivity index (χ2v) is 4.22. The number of carbonyl (C=O) groups is 1.